The van der Waals surface area contributed by atoms with E-state index in [4.69, 9.17) is 11.6 Å². The van der Waals surface area contributed by atoms with Crippen LogP contribution in [-0.2, 0) is 0 Å². The molecule has 0 saturated carbocycles. The van der Waals surface area contributed by atoms with Crippen LogP contribution in [0.25, 0.3) is 0 Å². The van der Waals surface area contributed by atoms with E-state index in [1.165, 1.54) is 0 Å². The van der Waals surface area contributed by atoms with Crippen LogP contribution in [0.5, 0.6) is 0 Å². The van der Waals surface area contributed by atoms with Crippen molar-refractivity contribution in [1.82, 2.24) is 0 Å². The van der Waals surface area contributed by atoms with E-state index in [9.17, 15) is 4.79 Å². The zero-order valence-corrected chi connectivity index (χ0v) is 13.2. The van der Waals surface area contributed by atoms with Gasteiger partial charge in [0.05, 0.1) is 5.25 Å². The van der Waals surface area contributed by atoms with Crippen molar-refractivity contribution >= 4 is 40.9 Å². The zero-order chi connectivity index (χ0) is 13.3. The molecule has 2 rings (SSSR count). The molecule has 1 aromatic rings. The van der Waals surface area contributed by atoms with Crippen molar-refractivity contribution in [3.8, 4) is 0 Å². The van der Waals surface area contributed by atoms with Crippen molar-refractivity contribution in [2.75, 3.05) is 5.75 Å². The standard InChI is InChI=1S/C14H17ClOS2/c1-8-4-5-11(6-12(8)15)14(16)13-7-17-9(2)10(3)18-13/h4-6,9-10,13H,7H2,1-3H3. The van der Waals surface area contributed by atoms with E-state index < -0.39 is 0 Å². The van der Waals surface area contributed by atoms with Gasteiger partial charge in [-0.3, -0.25) is 4.79 Å². The molecule has 1 heterocycles. The third-order valence-electron chi connectivity index (χ3n) is 3.30. The molecule has 0 aliphatic carbocycles. The Hall–Kier alpha value is -0.120. The normalized spacial score (nSPS) is 28.1. The average molecular weight is 301 g/mol. The van der Waals surface area contributed by atoms with Crippen LogP contribution in [0.2, 0.25) is 5.02 Å². The molecule has 3 atom stereocenters. The minimum atomic E-state index is 0.0694. The number of hydrogen-bond acceptors (Lipinski definition) is 3. The van der Waals surface area contributed by atoms with Crippen LogP contribution in [0.1, 0.15) is 29.8 Å². The van der Waals surface area contributed by atoms with Crippen molar-refractivity contribution in [1.29, 1.82) is 0 Å². The van der Waals surface area contributed by atoms with Crippen LogP contribution >= 0.6 is 35.1 Å². The molecule has 18 heavy (non-hydrogen) atoms. The molecule has 98 valence electrons. The fourth-order valence-electron chi connectivity index (χ4n) is 1.85. The first-order valence-corrected chi connectivity index (χ1v) is 8.43. The van der Waals surface area contributed by atoms with Crippen LogP contribution in [-0.4, -0.2) is 27.3 Å². The maximum absolute atomic E-state index is 12.4. The third kappa shape index (κ3) is 3.06. The molecule has 1 aliphatic heterocycles. The number of rotatable bonds is 2. The first-order chi connectivity index (χ1) is 8.49. The summed E-state index contributed by atoms with van der Waals surface area (Å²) < 4.78 is 0. The van der Waals surface area contributed by atoms with Crippen LogP contribution in [0, 0.1) is 6.92 Å². The second-order valence-corrected chi connectivity index (χ2v) is 8.10. The molecular formula is C14H17ClOS2. The van der Waals surface area contributed by atoms with Crippen molar-refractivity contribution in [3.63, 3.8) is 0 Å². The minimum absolute atomic E-state index is 0.0694. The summed E-state index contributed by atoms with van der Waals surface area (Å²) in [5.41, 5.74) is 1.76. The summed E-state index contributed by atoms with van der Waals surface area (Å²) in [5.74, 6) is 1.12. The van der Waals surface area contributed by atoms with Crippen molar-refractivity contribution in [2.45, 2.75) is 36.5 Å². The number of hydrogen-bond donors (Lipinski definition) is 0. The molecule has 1 saturated heterocycles. The fraction of sp³-hybridized carbons (Fsp3) is 0.500. The molecule has 0 aromatic heterocycles. The molecule has 0 spiro atoms. The second kappa shape index (κ2) is 5.89. The Morgan fingerprint density at radius 3 is 2.67 bits per heavy atom. The summed E-state index contributed by atoms with van der Waals surface area (Å²) in [6.45, 7) is 6.38. The van der Waals surface area contributed by atoms with E-state index in [1.807, 2.05) is 30.8 Å². The van der Waals surface area contributed by atoms with E-state index in [2.05, 4.69) is 13.8 Å². The van der Waals surface area contributed by atoms with E-state index in [-0.39, 0.29) is 11.0 Å². The smallest absolute Gasteiger partial charge is 0.176 e. The number of aryl methyl sites for hydroxylation is 1. The van der Waals surface area contributed by atoms with Gasteiger partial charge in [-0.25, -0.2) is 0 Å². The summed E-state index contributed by atoms with van der Waals surface area (Å²) in [4.78, 5) is 12.4. The van der Waals surface area contributed by atoms with E-state index >= 15 is 0 Å². The van der Waals surface area contributed by atoms with Crippen LogP contribution in [0.15, 0.2) is 18.2 Å². The number of carbonyl (C=O) groups excluding carboxylic acids is 1. The van der Waals surface area contributed by atoms with Crippen molar-refractivity contribution < 1.29 is 4.79 Å². The Morgan fingerprint density at radius 1 is 1.33 bits per heavy atom. The monoisotopic (exact) mass is 300 g/mol. The van der Waals surface area contributed by atoms with Gasteiger partial charge in [0.2, 0.25) is 0 Å². The summed E-state index contributed by atoms with van der Waals surface area (Å²) in [6, 6.07) is 5.60. The van der Waals surface area contributed by atoms with E-state index in [0.29, 0.717) is 15.5 Å². The first kappa shape index (κ1) is 14.3. The van der Waals surface area contributed by atoms with Gasteiger partial charge >= 0.3 is 0 Å². The topological polar surface area (TPSA) is 17.1 Å². The maximum atomic E-state index is 12.4. The van der Waals surface area contributed by atoms with Gasteiger partial charge in [-0.1, -0.05) is 37.6 Å². The molecule has 0 bridgehead atoms. The predicted octanol–water partition coefficient (Wildman–Crippen LogP) is 4.46. The number of halogens is 1. The molecule has 1 aromatic carbocycles. The van der Waals surface area contributed by atoms with Gasteiger partial charge in [-0.05, 0) is 18.6 Å². The van der Waals surface area contributed by atoms with Crippen LogP contribution in [0.3, 0.4) is 0 Å². The Bertz CT molecular complexity index is 461. The lowest BCUT2D eigenvalue weighted by atomic mass is 10.1. The van der Waals surface area contributed by atoms with Gasteiger partial charge in [0.1, 0.15) is 0 Å². The van der Waals surface area contributed by atoms with E-state index in [0.717, 1.165) is 16.9 Å². The minimum Gasteiger partial charge on any atom is -0.293 e. The van der Waals surface area contributed by atoms with Crippen LogP contribution < -0.4 is 0 Å². The second-order valence-electron chi connectivity index (χ2n) is 4.70. The molecular weight excluding hydrogens is 284 g/mol. The Morgan fingerprint density at radius 2 is 2.06 bits per heavy atom. The molecule has 1 fully saturated rings. The molecule has 1 aliphatic rings. The molecule has 4 heteroatoms. The Labute approximate surface area is 122 Å². The highest BCUT2D eigenvalue weighted by Gasteiger charge is 2.30. The quantitative estimate of drug-likeness (QED) is 0.751. The lowest BCUT2D eigenvalue weighted by Crippen LogP contribution is -2.31. The van der Waals surface area contributed by atoms with Gasteiger partial charge in [0, 0.05) is 26.8 Å². The lowest BCUT2D eigenvalue weighted by molar-refractivity contribution is 0.0995. The first-order valence-electron chi connectivity index (χ1n) is 6.06. The molecule has 0 amide bonds. The van der Waals surface area contributed by atoms with Gasteiger partial charge in [-0.15, -0.1) is 11.8 Å². The zero-order valence-electron chi connectivity index (χ0n) is 10.8. The van der Waals surface area contributed by atoms with E-state index in [1.54, 1.807) is 17.8 Å². The SMILES string of the molecule is Cc1ccc(C(=O)C2CSC(C)C(C)S2)cc1Cl. The van der Waals surface area contributed by atoms with Crippen LogP contribution in [0.4, 0.5) is 0 Å². The summed E-state index contributed by atoms with van der Waals surface area (Å²) in [6.07, 6.45) is 0. The predicted molar refractivity (Wildman–Crippen MR) is 83.3 cm³/mol. The average Bonchev–Trinajstić information content (AvgIpc) is 2.35. The highest BCUT2D eigenvalue weighted by atomic mass is 35.5. The number of ketones is 1. The lowest BCUT2D eigenvalue weighted by Gasteiger charge is -2.30. The summed E-state index contributed by atoms with van der Waals surface area (Å²) >= 11 is 9.77. The Kier molecular flexibility index (Phi) is 4.68. The fourth-order valence-corrected chi connectivity index (χ4v) is 4.91. The number of Topliss-reactive ketones (excluding diaryl/α,β-unsaturated/α-hetero) is 1. The van der Waals surface area contributed by atoms with Crippen molar-refractivity contribution in [3.05, 3.63) is 34.3 Å². The molecule has 0 N–H and O–H groups in total. The highest BCUT2D eigenvalue weighted by Crippen LogP contribution is 2.37. The number of carbonyl (C=O) groups is 1. The number of benzene rings is 1. The van der Waals surface area contributed by atoms with Crippen molar-refractivity contribution in [2.24, 2.45) is 0 Å². The third-order valence-corrected chi connectivity index (χ3v) is 7.10. The number of thioether (sulfide) groups is 2. The van der Waals surface area contributed by atoms with Gasteiger partial charge in [0.25, 0.3) is 0 Å². The van der Waals surface area contributed by atoms with Gasteiger partial charge in [0.15, 0.2) is 5.78 Å². The summed E-state index contributed by atoms with van der Waals surface area (Å²) in [7, 11) is 0. The highest BCUT2D eigenvalue weighted by molar-refractivity contribution is 8.08. The van der Waals surface area contributed by atoms with Gasteiger partial charge in [-0.2, -0.15) is 11.8 Å². The maximum Gasteiger partial charge on any atom is 0.176 e. The van der Waals surface area contributed by atoms with Gasteiger partial charge < -0.3 is 0 Å². The molecule has 1 nitrogen and oxygen atoms in total. The molecule has 0 radical (unpaired) electrons. The molecule has 3 unspecified atom stereocenters. The summed E-state index contributed by atoms with van der Waals surface area (Å²) in [5, 5.41) is 1.90. The Balaban J connectivity index is 2.14. The largest absolute Gasteiger partial charge is 0.293 e.